The molecule has 5 heteroatoms. The van der Waals surface area contributed by atoms with Gasteiger partial charge in [-0.05, 0) is 36.2 Å². The van der Waals surface area contributed by atoms with Gasteiger partial charge in [0.15, 0.2) is 0 Å². The summed E-state index contributed by atoms with van der Waals surface area (Å²) in [4.78, 5) is 0. The average Bonchev–Trinajstić information content (AvgIpc) is 2.39. The van der Waals surface area contributed by atoms with Crippen molar-refractivity contribution < 1.29 is 22.7 Å². The number of aryl methyl sites for hydroxylation is 1. The lowest BCUT2D eigenvalue weighted by Crippen LogP contribution is -2.09. The second-order valence-corrected chi connectivity index (χ2v) is 4.98. The standard InChI is InChI=1S/C16H14F4O/c1-10-2-4-11(5-3-10)6-15(21)12-7-13(16(18,19)20)9-14(17)8-12/h2-5,7-9,15,21H,6H2,1H3. The molecule has 0 bridgehead atoms. The number of benzene rings is 2. The highest BCUT2D eigenvalue weighted by atomic mass is 19.4. The number of hydrogen-bond acceptors (Lipinski definition) is 1. The van der Waals surface area contributed by atoms with Gasteiger partial charge in [-0.3, -0.25) is 0 Å². The van der Waals surface area contributed by atoms with Crippen LogP contribution >= 0.6 is 0 Å². The van der Waals surface area contributed by atoms with E-state index >= 15 is 0 Å². The number of alkyl halides is 3. The first-order valence-corrected chi connectivity index (χ1v) is 6.37. The lowest BCUT2D eigenvalue weighted by molar-refractivity contribution is -0.137. The van der Waals surface area contributed by atoms with Gasteiger partial charge >= 0.3 is 6.18 Å². The van der Waals surface area contributed by atoms with Crippen LogP contribution in [-0.4, -0.2) is 5.11 Å². The van der Waals surface area contributed by atoms with Crippen molar-refractivity contribution >= 4 is 0 Å². The van der Waals surface area contributed by atoms with E-state index < -0.39 is 23.7 Å². The predicted molar refractivity (Wildman–Crippen MR) is 71.2 cm³/mol. The molecule has 0 amide bonds. The van der Waals surface area contributed by atoms with Crippen molar-refractivity contribution in [2.45, 2.75) is 25.6 Å². The minimum absolute atomic E-state index is 0.0806. The van der Waals surface area contributed by atoms with Crippen LogP contribution in [0.5, 0.6) is 0 Å². The second kappa shape index (κ2) is 5.85. The Bertz CT molecular complexity index is 617. The average molecular weight is 298 g/mol. The molecule has 1 atom stereocenters. The molecule has 0 saturated carbocycles. The zero-order chi connectivity index (χ0) is 15.6. The maximum absolute atomic E-state index is 13.3. The first-order chi connectivity index (χ1) is 9.75. The summed E-state index contributed by atoms with van der Waals surface area (Å²) < 4.78 is 51.2. The van der Waals surface area contributed by atoms with Crippen LogP contribution in [0.3, 0.4) is 0 Å². The van der Waals surface area contributed by atoms with Gasteiger partial charge < -0.3 is 5.11 Å². The van der Waals surface area contributed by atoms with Gasteiger partial charge in [0, 0.05) is 6.42 Å². The Morgan fingerprint density at radius 2 is 1.67 bits per heavy atom. The zero-order valence-corrected chi connectivity index (χ0v) is 11.3. The van der Waals surface area contributed by atoms with E-state index in [0.29, 0.717) is 6.07 Å². The van der Waals surface area contributed by atoms with E-state index in [4.69, 9.17) is 0 Å². The summed E-state index contributed by atoms with van der Waals surface area (Å²) in [6.45, 7) is 1.91. The minimum atomic E-state index is -4.64. The number of rotatable bonds is 3. The summed E-state index contributed by atoms with van der Waals surface area (Å²) in [5.41, 5.74) is 0.632. The van der Waals surface area contributed by atoms with Crippen LogP contribution in [0.15, 0.2) is 42.5 Å². The maximum Gasteiger partial charge on any atom is 0.416 e. The molecule has 0 radical (unpaired) electrons. The third kappa shape index (κ3) is 4.04. The van der Waals surface area contributed by atoms with E-state index in [9.17, 15) is 22.7 Å². The fraction of sp³-hybridized carbons (Fsp3) is 0.250. The molecule has 0 aliphatic rings. The van der Waals surface area contributed by atoms with Crippen molar-refractivity contribution in [3.63, 3.8) is 0 Å². The fourth-order valence-electron chi connectivity index (χ4n) is 2.03. The quantitative estimate of drug-likeness (QED) is 0.831. The van der Waals surface area contributed by atoms with E-state index in [0.717, 1.165) is 23.3 Å². The van der Waals surface area contributed by atoms with Crippen LogP contribution in [-0.2, 0) is 12.6 Å². The van der Waals surface area contributed by atoms with E-state index in [-0.39, 0.29) is 12.0 Å². The molecule has 0 aromatic heterocycles. The van der Waals surface area contributed by atoms with Gasteiger partial charge in [0.25, 0.3) is 0 Å². The lowest BCUT2D eigenvalue weighted by Gasteiger charge is -2.14. The Hall–Kier alpha value is -1.88. The second-order valence-electron chi connectivity index (χ2n) is 4.98. The smallest absolute Gasteiger partial charge is 0.388 e. The topological polar surface area (TPSA) is 20.2 Å². The largest absolute Gasteiger partial charge is 0.416 e. The number of hydrogen-bond donors (Lipinski definition) is 1. The molecule has 1 N–H and O–H groups in total. The highest BCUT2D eigenvalue weighted by Gasteiger charge is 2.31. The van der Waals surface area contributed by atoms with Crippen molar-refractivity contribution in [2.75, 3.05) is 0 Å². The summed E-state index contributed by atoms with van der Waals surface area (Å²) in [7, 11) is 0. The van der Waals surface area contributed by atoms with Gasteiger partial charge in [0.1, 0.15) is 5.82 Å². The van der Waals surface area contributed by atoms with E-state index in [1.165, 1.54) is 0 Å². The summed E-state index contributed by atoms with van der Waals surface area (Å²) in [6.07, 6.45) is -5.70. The van der Waals surface area contributed by atoms with Crippen LogP contribution in [0.4, 0.5) is 17.6 Å². The summed E-state index contributed by atoms with van der Waals surface area (Å²) in [6, 6.07) is 9.37. The highest BCUT2D eigenvalue weighted by molar-refractivity contribution is 5.30. The van der Waals surface area contributed by atoms with Crippen LogP contribution in [0.1, 0.15) is 28.4 Å². The normalized spacial score (nSPS) is 13.2. The first-order valence-electron chi connectivity index (χ1n) is 6.37. The number of halogens is 4. The fourth-order valence-corrected chi connectivity index (χ4v) is 2.03. The monoisotopic (exact) mass is 298 g/mol. The van der Waals surface area contributed by atoms with Crippen LogP contribution in [0.2, 0.25) is 0 Å². The number of aliphatic hydroxyl groups is 1. The molecule has 2 rings (SSSR count). The molecule has 1 nitrogen and oxygen atoms in total. The Labute approximate surface area is 119 Å². The SMILES string of the molecule is Cc1ccc(CC(O)c2cc(F)cc(C(F)(F)F)c2)cc1. The van der Waals surface area contributed by atoms with Gasteiger partial charge in [-0.15, -0.1) is 0 Å². The third-order valence-electron chi connectivity index (χ3n) is 3.18. The van der Waals surface area contributed by atoms with Gasteiger partial charge in [-0.25, -0.2) is 4.39 Å². The maximum atomic E-state index is 13.3. The van der Waals surface area contributed by atoms with E-state index in [2.05, 4.69) is 0 Å². The lowest BCUT2D eigenvalue weighted by atomic mass is 9.99. The Kier molecular flexibility index (Phi) is 4.32. The highest BCUT2D eigenvalue weighted by Crippen LogP contribution is 2.32. The molecule has 0 aliphatic heterocycles. The number of aliphatic hydroxyl groups excluding tert-OH is 1. The van der Waals surface area contributed by atoms with Crippen molar-refractivity contribution in [1.29, 1.82) is 0 Å². The van der Waals surface area contributed by atoms with Crippen molar-refractivity contribution in [1.82, 2.24) is 0 Å². The van der Waals surface area contributed by atoms with Crippen molar-refractivity contribution in [3.05, 3.63) is 70.5 Å². The molecular formula is C16H14F4O. The molecule has 0 fully saturated rings. The summed E-state index contributed by atoms with van der Waals surface area (Å²) in [5, 5.41) is 10.0. The first kappa shape index (κ1) is 15.5. The zero-order valence-electron chi connectivity index (χ0n) is 11.3. The Morgan fingerprint density at radius 1 is 1.05 bits per heavy atom. The van der Waals surface area contributed by atoms with Gasteiger partial charge in [0.05, 0.1) is 11.7 Å². The van der Waals surface area contributed by atoms with Gasteiger partial charge in [-0.1, -0.05) is 29.8 Å². The van der Waals surface area contributed by atoms with Crippen molar-refractivity contribution in [2.24, 2.45) is 0 Å². The molecule has 2 aromatic rings. The molecule has 0 spiro atoms. The molecule has 2 aromatic carbocycles. The summed E-state index contributed by atoms with van der Waals surface area (Å²) in [5.74, 6) is -1.01. The molecule has 0 heterocycles. The molecular weight excluding hydrogens is 284 g/mol. The van der Waals surface area contributed by atoms with Crippen LogP contribution in [0, 0.1) is 12.7 Å². The Balaban J connectivity index is 2.24. The van der Waals surface area contributed by atoms with Gasteiger partial charge in [0.2, 0.25) is 0 Å². The summed E-state index contributed by atoms with van der Waals surface area (Å²) >= 11 is 0. The predicted octanol–water partition coefficient (Wildman–Crippen LogP) is 4.43. The van der Waals surface area contributed by atoms with Crippen LogP contribution in [0.25, 0.3) is 0 Å². The molecule has 0 aliphatic carbocycles. The van der Waals surface area contributed by atoms with E-state index in [1.54, 1.807) is 12.1 Å². The van der Waals surface area contributed by atoms with Crippen molar-refractivity contribution in [3.8, 4) is 0 Å². The van der Waals surface area contributed by atoms with Crippen LogP contribution < -0.4 is 0 Å². The molecule has 1 unspecified atom stereocenters. The molecule has 112 valence electrons. The molecule has 21 heavy (non-hydrogen) atoms. The Morgan fingerprint density at radius 3 is 2.24 bits per heavy atom. The minimum Gasteiger partial charge on any atom is -0.388 e. The molecule has 0 saturated heterocycles. The van der Waals surface area contributed by atoms with Gasteiger partial charge in [-0.2, -0.15) is 13.2 Å². The third-order valence-corrected chi connectivity index (χ3v) is 3.18. The van der Waals surface area contributed by atoms with E-state index in [1.807, 2.05) is 19.1 Å².